The maximum Gasteiger partial charge on any atom is 0.0715 e. The van der Waals surface area contributed by atoms with Crippen molar-refractivity contribution in [1.82, 2.24) is 0 Å². The minimum Gasteiger partial charge on any atom is -0.248 e. The summed E-state index contributed by atoms with van der Waals surface area (Å²) in [5.41, 5.74) is 2.77. The van der Waals surface area contributed by atoms with Gasteiger partial charge in [0.25, 0.3) is 0 Å². The summed E-state index contributed by atoms with van der Waals surface area (Å²) < 4.78 is 1.08. The Morgan fingerprint density at radius 1 is 0.920 bits per heavy atom. The Morgan fingerprint density at radius 3 is 2.44 bits per heavy atom. The Hall–Kier alpha value is -1.81. The molecule has 3 rings (SSSR count). The van der Waals surface area contributed by atoms with Gasteiger partial charge in [-0.2, -0.15) is 0 Å². The predicted octanol–water partition coefficient (Wildman–Crippen LogP) is 7.53. The fourth-order valence-electron chi connectivity index (χ4n) is 2.20. The number of para-hydroxylation sites is 1. The van der Waals surface area contributed by atoms with Crippen LogP contribution >= 0.6 is 39.3 Å². The average Bonchev–Trinajstić information content (AvgIpc) is 2.63. The van der Waals surface area contributed by atoms with Gasteiger partial charge in [-0.3, -0.25) is 0 Å². The maximum absolute atomic E-state index is 6.15. The van der Waals surface area contributed by atoms with Crippen LogP contribution < -0.4 is 0 Å². The number of aliphatic imine (C=N–C) groups is 1. The third-order valence-electron chi connectivity index (χ3n) is 3.38. The van der Waals surface area contributed by atoms with Gasteiger partial charge in [-0.1, -0.05) is 65.8 Å². The van der Waals surface area contributed by atoms with Crippen LogP contribution in [0, 0.1) is 0 Å². The number of hydrogen-bond acceptors (Lipinski definition) is 2. The SMILES string of the molecule is Clc1cccc(C(C=CSc2ccccc2Br)=Nc2ccccc2)c1. The van der Waals surface area contributed by atoms with E-state index in [4.69, 9.17) is 16.6 Å². The molecule has 0 spiro atoms. The van der Waals surface area contributed by atoms with Crippen molar-refractivity contribution in [2.75, 3.05) is 0 Å². The van der Waals surface area contributed by atoms with Gasteiger partial charge < -0.3 is 0 Å². The molecule has 0 aliphatic carbocycles. The summed E-state index contributed by atoms with van der Waals surface area (Å²) in [6.45, 7) is 0. The summed E-state index contributed by atoms with van der Waals surface area (Å²) in [4.78, 5) is 5.93. The highest BCUT2D eigenvalue weighted by Crippen LogP contribution is 2.28. The lowest BCUT2D eigenvalue weighted by Crippen LogP contribution is -1.95. The van der Waals surface area contributed by atoms with Crippen LogP contribution in [0.4, 0.5) is 5.69 Å². The first-order valence-corrected chi connectivity index (χ1v) is 9.75. The van der Waals surface area contributed by atoms with Crippen molar-refractivity contribution >= 4 is 50.7 Å². The molecule has 0 unspecified atom stereocenters. The van der Waals surface area contributed by atoms with E-state index in [1.54, 1.807) is 11.8 Å². The van der Waals surface area contributed by atoms with Crippen molar-refractivity contribution in [2.45, 2.75) is 4.90 Å². The van der Waals surface area contributed by atoms with Crippen molar-refractivity contribution in [1.29, 1.82) is 0 Å². The molecule has 0 amide bonds. The number of rotatable bonds is 5. The molecule has 1 nitrogen and oxygen atoms in total. The molecule has 0 saturated heterocycles. The monoisotopic (exact) mass is 427 g/mol. The van der Waals surface area contributed by atoms with E-state index in [0.717, 1.165) is 26.3 Å². The topological polar surface area (TPSA) is 12.4 Å². The van der Waals surface area contributed by atoms with Crippen molar-refractivity contribution in [3.05, 3.63) is 105 Å². The second-order valence-corrected chi connectivity index (χ2v) is 7.43. The molecule has 0 saturated carbocycles. The van der Waals surface area contributed by atoms with Gasteiger partial charge in [0.1, 0.15) is 0 Å². The Labute approximate surface area is 165 Å². The zero-order valence-corrected chi connectivity index (χ0v) is 16.4. The van der Waals surface area contributed by atoms with Crippen LogP contribution in [0.2, 0.25) is 5.02 Å². The van der Waals surface area contributed by atoms with Crippen LogP contribution in [0.5, 0.6) is 0 Å². The van der Waals surface area contributed by atoms with Crippen LogP contribution in [-0.2, 0) is 0 Å². The molecule has 0 fully saturated rings. The smallest absolute Gasteiger partial charge is 0.0715 e. The third kappa shape index (κ3) is 5.33. The number of benzene rings is 3. The molecule has 4 heteroatoms. The standard InChI is InChI=1S/C21H15BrClNS/c22-19-11-4-5-12-21(19)25-14-13-20(16-7-6-8-17(23)15-16)24-18-9-2-1-3-10-18/h1-15H. The zero-order chi connectivity index (χ0) is 17.5. The van der Waals surface area contributed by atoms with Crippen molar-refractivity contribution in [2.24, 2.45) is 4.99 Å². The molecule has 0 bridgehead atoms. The summed E-state index contributed by atoms with van der Waals surface area (Å²) in [6, 6.07) is 25.8. The molecule has 3 aromatic rings. The quantitative estimate of drug-likeness (QED) is 0.302. The first kappa shape index (κ1) is 18.0. The summed E-state index contributed by atoms with van der Waals surface area (Å²) in [7, 11) is 0. The first-order chi connectivity index (χ1) is 12.2. The van der Waals surface area contributed by atoms with Gasteiger partial charge in [0.05, 0.1) is 11.4 Å². The Morgan fingerprint density at radius 2 is 1.68 bits per heavy atom. The fourth-order valence-corrected chi connectivity index (χ4v) is 3.64. The van der Waals surface area contributed by atoms with Gasteiger partial charge in [-0.15, -0.1) is 0 Å². The highest BCUT2D eigenvalue weighted by molar-refractivity contribution is 9.10. The average molecular weight is 429 g/mol. The highest BCUT2D eigenvalue weighted by Gasteiger charge is 2.03. The summed E-state index contributed by atoms with van der Waals surface area (Å²) >= 11 is 11.4. The number of nitrogens with zero attached hydrogens (tertiary/aromatic N) is 1. The summed E-state index contributed by atoms with van der Waals surface area (Å²) in [6.07, 6.45) is 2.02. The van der Waals surface area contributed by atoms with Crippen LogP contribution in [0.25, 0.3) is 0 Å². The second kappa shape index (κ2) is 9.04. The molecule has 3 aromatic carbocycles. The minimum atomic E-state index is 0.699. The van der Waals surface area contributed by atoms with Gasteiger partial charge in [0.2, 0.25) is 0 Å². The first-order valence-electron chi connectivity index (χ1n) is 7.70. The number of hydrogen-bond donors (Lipinski definition) is 0. The normalized spacial score (nSPS) is 11.8. The van der Waals surface area contributed by atoms with E-state index in [9.17, 15) is 0 Å². The molecule has 0 radical (unpaired) electrons. The van der Waals surface area contributed by atoms with Gasteiger partial charge in [-0.25, -0.2) is 4.99 Å². The van der Waals surface area contributed by atoms with Crippen molar-refractivity contribution in [3.8, 4) is 0 Å². The number of thioether (sulfide) groups is 1. The second-order valence-electron chi connectivity index (χ2n) is 5.19. The number of allylic oxidation sites excluding steroid dienone is 1. The molecule has 0 aliphatic heterocycles. The molecule has 0 aromatic heterocycles. The Bertz CT molecular complexity index is 907. The highest BCUT2D eigenvalue weighted by atomic mass is 79.9. The zero-order valence-electron chi connectivity index (χ0n) is 13.3. The van der Waals surface area contributed by atoms with E-state index >= 15 is 0 Å². The van der Waals surface area contributed by atoms with Crippen molar-refractivity contribution in [3.63, 3.8) is 0 Å². The lowest BCUT2D eigenvalue weighted by Gasteiger charge is -2.04. The molecule has 0 atom stereocenters. The van der Waals surface area contributed by atoms with E-state index in [0.29, 0.717) is 5.02 Å². The summed E-state index contributed by atoms with van der Waals surface area (Å²) in [5, 5.41) is 2.74. The van der Waals surface area contributed by atoms with Crippen LogP contribution in [0.15, 0.2) is 105 Å². The van der Waals surface area contributed by atoms with Crippen LogP contribution in [0.3, 0.4) is 0 Å². The van der Waals surface area contributed by atoms with Crippen LogP contribution in [-0.4, -0.2) is 5.71 Å². The molecule has 0 aliphatic rings. The molecule has 0 heterocycles. The van der Waals surface area contributed by atoms with E-state index in [-0.39, 0.29) is 0 Å². The van der Waals surface area contributed by atoms with Gasteiger partial charge in [-0.05, 0) is 63.8 Å². The van der Waals surface area contributed by atoms with E-state index in [1.807, 2.05) is 84.3 Å². The van der Waals surface area contributed by atoms with E-state index < -0.39 is 0 Å². The maximum atomic E-state index is 6.15. The van der Waals surface area contributed by atoms with E-state index in [2.05, 4.69) is 22.0 Å². The van der Waals surface area contributed by atoms with Crippen molar-refractivity contribution < 1.29 is 0 Å². The molecule has 124 valence electrons. The summed E-state index contributed by atoms with van der Waals surface area (Å²) in [5.74, 6) is 0. The predicted molar refractivity (Wildman–Crippen MR) is 113 cm³/mol. The van der Waals surface area contributed by atoms with Gasteiger partial charge >= 0.3 is 0 Å². The lowest BCUT2D eigenvalue weighted by molar-refractivity contribution is 1.42. The third-order valence-corrected chi connectivity index (χ3v) is 5.45. The Balaban J connectivity index is 1.90. The van der Waals surface area contributed by atoms with Gasteiger partial charge in [0.15, 0.2) is 0 Å². The lowest BCUT2D eigenvalue weighted by atomic mass is 10.1. The Kier molecular flexibility index (Phi) is 6.51. The fraction of sp³-hybridized carbons (Fsp3) is 0. The number of halogens is 2. The minimum absolute atomic E-state index is 0.699. The van der Waals surface area contributed by atoms with E-state index in [1.165, 1.54) is 0 Å². The molecular formula is C21H15BrClNS. The van der Waals surface area contributed by atoms with Crippen LogP contribution in [0.1, 0.15) is 5.56 Å². The molecule has 0 N–H and O–H groups in total. The molecular weight excluding hydrogens is 414 g/mol. The largest absolute Gasteiger partial charge is 0.248 e. The molecule has 25 heavy (non-hydrogen) atoms. The van der Waals surface area contributed by atoms with Gasteiger partial charge in [0, 0.05) is 20.0 Å².